The van der Waals surface area contributed by atoms with Crippen molar-refractivity contribution in [3.05, 3.63) is 169 Å². The van der Waals surface area contributed by atoms with Crippen LogP contribution >= 0.6 is 0 Å². The maximum atomic E-state index is 6.07. The highest BCUT2D eigenvalue weighted by molar-refractivity contribution is 6.12. The van der Waals surface area contributed by atoms with Gasteiger partial charge in [0.05, 0.1) is 28.4 Å². The van der Waals surface area contributed by atoms with E-state index < -0.39 is 0 Å². The molecule has 0 bridgehead atoms. The molecule has 0 fully saturated rings. The second kappa shape index (κ2) is 10.4. The standard InChI is InChI=1S/C44H34N2O/c1-29-9-7-12-36(27-29)45(34-20-15-31(16-21-34)30-10-5-4-6-11-30)35-22-17-32(18-23-35)33-19-24-40-38(28-33)37-13-8-14-39-42(37)46(40)41-25-26-47-43(41)44(39,2)3/h4-28H,1-3H3. The van der Waals surface area contributed by atoms with E-state index in [4.69, 9.17) is 4.42 Å². The number of hydrogen-bond acceptors (Lipinski definition) is 2. The normalized spacial score (nSPS) is 13.2. The number of aromatic nitrogens is 1. The van der Waals surface area contributed by atoms with Crippen LogP contribution in [-0.4, -0.2) is 4.57 Å². The van der Waals surface area contributed by atoms with E-state index in [0.717, 1.165) is 28.5 Å². The summed E-state index contributed by atoms with van der Waals surface area (Å²) in [5, 5.41) is 2.54. The summed E-state index contributed by atoms with van der Waals surface area (Å²) in [7, 11) is 0. The Morgan fingerprint density at radius 1 is 0.553 bits per heavy atom. The Bertz CT molecular complexity index is 2430. The van der Waals surface area contributed by atoms with Crippen LogP contribution in [0.15, 0.2) is 156 Å². The zero-order chi connectivity index (χ0) is 31.7. The minimum absolute atomic E-state index is 0.202. The Balaban J connectivity index is 1.13. The number of nitrogens with zero attached hydrogens (tertiary/aromatic N) is 2. The van der Waals surface area contributed by atoms with Crippen molar-refractivity contribution in [1.82, 2.24) is 4.57 Å². The fourth-order valence-corrected chi connectivity index (χ4v) is 7.52. The molecule has 3 heterocycles. The molecule has 0 N–H and O–H groups in total. The summed E-state index contributed by atoms with van der Waals surface area (Å²) in [5.41, 5.74) is 14.2. The van der Waals surface area contributed by atoms with Crippen LogP contribution in [0.25, 0.3) is 49.7 Å². The highest BCUT2D eigenvalue weighted by Crippen LogP contribution is 2.48. The lowest BCUT2D eigenvalue weighted by molar-refractivity contribution is 0.425. The molecule has 0 atom stereocenters. The minimum atomic E-state index is -0.202. The quantitative estimate of drug-likeness (QED) is 0.194. The summed E-state index contributed by atoms with van der Waals surface area (Å²) >= 11 is 0. The molecule has 1 aliphatic heterocycles. The van der Waals surface area contributed by atoms with Crippen molar-refractivity contribution in [2.45, 2.75) is 26.2 Å². The first kappa shape index (κ1) is 27.5. The molecule has 226 valence electrons. The van der Waals surface area contributed by atoms with E-state index in [1.165, 1.54) is 55.2 Å². The molecule has 9 rings (SSSR count). The number of hydrogen-bond donors (Lipinski definition) is 0. The molecule has 6 aromatic carbocycles. The fraction of sp³-hybridized carbons (Fsp3) is 0.0909. The lowest BCUT2D eigenvalue weighted by Crippen LogP contribution is -2.24. The third-order valence-corrected chi connectivity index (χ3v) is 9.86. The van der Waals surface area contributed by atoms with Crippen molar-refractivity contribution in [3.63, 3.8) is 0 Å². The number of benzene rings is 6. The molecule has 2 aromatic heterocycles. The van der Waals surface area contributed by atoms with E-state index in [9.17, 15) is 0 Å². The van der Waals surface area contributed by atoms with Crippen molar-refractivity contribution >= 4 is 38.9 Å². The number of fused-ring (bicyclic) bond motifs is 5. The Labute approximate surface area is 275 Å². The molecular weight excluding hydrogens is 572 g/mol. The van der Waals surface area contributed by atoms with Gasteiger partial charge in [-0.1, -0.05) is 91.0 Å². The van der Waals surface area contributed by atoms with Crippen molar-refractivity contribution in [1.29, 1.82) is 0 Å². The highest BCUT2D eigenvalue weighted by atomic mass is 16.3. The molecule has 0 amide bonds. The first-order chi connectivity index (χ1) is 23.0. The summed E-state index contributed by atoms with van der Waals surface area (Å²) in [6.45, 7) is 6.67. The smallest absolute Gasteiger partial charge is 0.137 e. The number of rotatable bonds is 5. The molecule has 0 saturated carbocycles. The van der Waals surface area contributed by atoms with Gasteiger partial charge in [0.2, 0.25) is 0 Å². The monoisotopic (exact) mass is 606 g/mol. The minimum Gasteiger partial charge on any atom is -0.466 e. The molecule has 3 heteroatoms. The van der Waals surface area contributed by atoms with Crippen LogP contribution in [0.4, 0.5) is 17.1 Å². The van der Waals surface area contributed by atoms with Crippen LogP contribution in [-0.2, 0) is 5.41 Å². The number of para-hydroxylation sites is 1. The van der Waals surface area contributed by atoms with Gasteiger partial charge in [0.15, 0.2) is 0 Å². The summed E-state index contributed by atoms with van der Waals surface area (Å²) in [6.07, 6.45) is 1.82. The van der Waals surface area contributed by atoms with E-state index in [0.29, 0.717) is 0 Å². The molecule has 0 spiro atoms. The summed E-state index contributed by atoms with van der Waals surface area (Å²) < 4.78 is 8.46. The largest absolute Gasteiger partial charge is 0.466 e. The highest BCUT2D eigenvalue weighted by Gasteiger charge is 2.37. The van der Waals surface area contributed by atoms with Gasteiger partial charge in [0.1, 0.15) is 5.76 Å². The summed E-state index contributed by atoms with van der Waals surface area (Å²) in [4.78, 5) is 2.34. The molecule has 0 radical (unpaired) electrons. The second-order valence-electron chi connectivity index (χ2n) is 13.2. The molecule has 47 heavy (non-hydrogen) atoms. The molecule has 0 aliphatic carbocycles. The lowest BCUT2D eigenvalue weighted by Gasteiger charge is -2.30. The number of anilines is 3. The molecular formula is C44H34N2O. The van der Waals surface area contributed by atoms with Gasteiger partial charge < -0.3 is 13.9 Å². The van der Waals surface area contributed by atoms with E-state index in [-0.39, 0.29) is 5.41 Å². The Kier molecular flexibility index (Phi) is 6.07. The van der Waals surface area contributed by atoms with Crippen molar-refractivity contribution < 1.29 is 4.42 Å². The van der Waals surface area contributed by atoms with Crippen LogP contribution < -0.4 is 4.90 Å². The first-order valence-electron chi connectivity index (χ1n) is 16.3. The Morgan fingerprint density at radius 3 is 1.94 bits per heavy atom. The van der Waals surface area contributed by atoms with E-state index in [1.54, 1.807) is 0 Å². The first-order valence-corrected chi connectivity index (χ1v) is 16.3. The van der Waals surface area contributed by atoms with Gasteiger partial charge in [-0.3, -0.25) is 0 Å². The third-order valence-electron chi connectivity index (χ3n) is 9.86. The lowest BCUT2D eigenvalue weighted by atomic mass is 9.79. The van der Waals surface area contributed by atoms with Gasteiger partial charge in [0.25, 0.3) is 0 Å². The zero-order valence-electron chi connectivity index (χ0n) is 26.7. The fourth-order valence-electron chi connectivity index (χ4n) is 7.52. The van der Waals surface area contributed by atoms with Gasteiger partial charge in [-0.2, -0.15) is 0 Å². The van der Waals surface area contributed by atoms with E-state index >= 15 is 0 Å². The molecule has 1 aliphatic rings. The number of aryl methyl sites for hydroxylation is 1. The van der Waals surface area contributed by atoms with Crippen LogP contribution in [0, 0.1) is 6.92 Å². The topological polar surface area (TPSA) is 21.3 Å². The van der Waals surface area contributed by atoms with Crippen molar-refractivity contribution in [2.24, 2.45) is 0 Å². The predicted molar refractivity (Wildman–Crippen MR) is 195 cm³/mol. The van der Waals surface area contributed by atoms with E-state index in [1.807, 2.05) is 6.26 Å². The van der Waals surface area contributed by atoms with Gasteiger partial charge in [-0.05, 0) is 103 Å². The van der Waals surface area contributed by atoms with Gasteiger partial charge in [0, 0.05) is 33.9 Å². The van der Waals surface area contributed by atoms with Gasteiger partial charge in [-0.25, -0.2) is 0 Å². The zero-order valence-corrected chi connectivity index (χ0v) is 26.7. The van der Waals surface area contributed by atoms with Crippen LogP contribution in [0.5, 0.6) is 0 Å². The van der Waals surface area contributed by atoms with Gasteiger partial charge >= 0.3 is 0 Å². The average Bonchev–Trinajstić information content (AvgIpc) is 3.73. The maximum absolute atomic E-state index is 6.07. The van der Waals surface area contributed by atoms with Crippen molar-refractivity contribution in [2.75, 3.05) is 4.90 Å². The predicted octanol–water partition coefficient (Wildman–Crippen LogP) is 12.1. The van der Waals surface area contributed by atoms with Crippen LogP contribution in [0.1, 0.15) is 30.7 Å². The SMILES string of the molecule is Cc1cccc(N(c2ccc(-c3ccccc3)cc2)c2ccc(-c3ccc4c(c3)c3cccc5c3n4-c3ccoc3C5(C)C)cc2)c1. The van der Waals surface area contributed by atoms with Crippen LogP contribution in [0.2, 0.25) is 0 Å². The molecule has 8 aromatic rings. The average molecular weight is 607 g/mol. The summed E-state index contributed by atoms with van der Waals surface area (Å²) in [6, 6.07) is 52.8. The maximum Gasteiger partial charge on any atom is 0.137 e. The Morgan fingerprint density at radius 2 is 1.21 bits per heavy atom. The van der Waals surface area contributed by atoms with E-state index in [2.05, 4.69) is 176 Å². The Hall–Kier alpha value is -5.80. The second-order valence-corrected chi connectivity index (χ2v) is 13.2. The molecule has 0 saturated heterocycles. The van der Waals surface area contributed by atoms with Crippen molar-refractivity contribution in [3.8, 4) is 27.9 Å². The molecule has 3 nitrogen and oxygen atoms in total. The number of furan rings is 1. The summed E-state index contributed by atoms with van der Waals surface area (Å²) in [5.74, 6) is 1.02. The van der Waals surface area contributed by atoms with Gasteiger partial charge in [-0.15, -0.1) is 0 Å². The molecule has 0 unspecified atom stereocenters. The third kappa shape index (κ3) is 4.27. The van der Waals surface area contributed by atoms with Crippen LogP contribution in [0.3, 0.4) is 0 Å².